The Morgan fingerprint density at radius 2 is 1.68 bits per heavy atom. The summed E-state index contributed by atoms with van der Waals surface area (Å²) >= 11 is 0. The average Bonchev–Trinajstić information content (AvgIpc) is 2.58. The fraction of sp³-hybridized carbons (Fsp3) is 0.381. The molecule has 7 nitrogen and oxygen atoms in total. The van der Waals surface area contributed by atoms with E-state index in [9.17, 15) is 14.4 Å². The van der Waals surface area contributed by atoms with Crippen molar-refractivity contribution in [1.29, 1.82) is 0 Å². The van der Waals surface area contributed by atoms with Crippen molar-refractivity contribution in [1.82, 2.24) is 9.97 Å². The molecule has 1 aliphatic heterocycles. The number of fused-ring (bicyclic) bond motifs is 2. The number of carbonyl (C=O) groups excluding carboxylic acids is 1. The van der Waals surface area contributed by atoms with Crippen LogP contribution in [0.25, 0.3) is 0 Å². The summed E-state index contributed by atoms with van der Waals surface area (Å²) in [6.45, 7) is 4.01. The molecule has 7 heteroatoms. The van der Waals surface area contributed by atoms with Gasteiger partial charge in [-0.25, -0.2) is 4.79 Å². The number of nitrogens with one attached hydrogen (secondary N) is 3. The maximum absolute atomic E-state index is 13.1. The zero-order valence-corrected chi connectivity index (χ0v) is 16.4. The predicted octanol–water partition coefficient (Wildman–Crippen LogP) is 2.19. The summed E-state index contributed by atoms with van der Waals surface area (Å²) < 4.78 is 0. The fourth-order valence-electron chi connectivity index (χ4n) is 4.31. The molecule has 0 saturated carbocycles. The van der Waals surface area contributed by atoms with Gasteiger partial charge in [-0.3, -0.25) is 19.6 Å². The van der Waals surface area contributed by atoms with E-state index in [2.05, 4.69) is 15.3 Å². The molecule has 0 amide bonds. The first-order valence-corrected chi connectivity index (χ1v) is 9.32. The fourth-order valence-corrected chi connectivity index (χ4v) is 4.31. The van der Waals surface area contributed by atoms with Gasteiger partial charge in [0.1, 0.15) is 11.6 Å². The lowest BCUT2D eigenvalue weighted by Gasteiger charge is -2.40. The van der Waals surface area contributed by atoms with Gasteiger partial charge in [0.2, 0.25) is 0 Å². The van der Waals surface area contributed by atoms with Gasteiger partial charge < -0.3 is 10.2 Å². The zero-order valence-electron chi connectivity index (χ0n) is 16.4. The quantitative estimate of drug-likeness (QED) is 0.742. The summed E-state index contributed by atoms with van der Waals surface area (Å²) in [5.41, 5.74) is 1.72. The van der Waals surface area contributed by atoms with Crippen LogP contribution in [0.1, 0.15) is 37.3 Å². The molecule has 2 heterocycles. The van der Waals surface area contributed by atoms with Crippen LogP contribution in [-0.2, 0) is 4.79 Å². The number of hydrogen-bond acceptors (Lipinski definition) is 5. The normalized spacial score (nSPS) is 22.6. The largest absolute Gasteiger partial charge is 0.378 e. The van der Waals surface area contributed by atoms with Crippen LogP contribution in [0.2, 0.25) is 0 Å². The molecule has 0 radical (unpaired) electrons. The highest BCUT2D eigenvalue weighted by molar-refractivity contribution is 5.90. The van der Waals surface area contributed by atoms with Gasteiger partial charge in [0.15, 0.2) is 0 Å². The Bertz CT molecular complexity index is 1090. The van der Waals surface area contributed by atoms with E-state index in [1.165, 1.54) is 0 Å². The second-order valence-electron chi connectivity index (χ2n) is 8.49. The van der Waals surface area contributed by atoms with Gasteiger partial charge in [-0.2, -0.15) is 0 Å². The van der Waals surface area contributed by atoms with Crippen molar-refractivity contribution in [3.05, 3.63) is 68.0 Å². The maximum Gasteiger partial charge on any atom is 0.327 e. The van der Waals surface area contributed by atoms with E-state index in [0.717, 1.165) is 16.9 Å². The molecule has 0 bridgehead atoms. The lowest BCUT2D eigenvalue weighted by atomic mass is 9.67. The van der Waals surface area contributed by atoms with Crippen LogP contribution >= 0.6 is 0 Å². The zero-order chi connectivity index (χ0) is 20.2. The number of hydrogen-bond donors (Lipinski definition) is 3. The van der Waals surface area contributed by atoms with Gasteiger partial charge in [-0.1, -0.05) is 32.1 Å². The summed E-state index contributed by atoms with van der Waals surface area (Å²) in [7, 11) is 3.91. The Balaban J connectivity index is 1.95. The molecule has 0 saturated heterocycles. The van der Waals surface area contributed by atoms with Crippen molar-refractivity contribution in [3.63, 3.8) is 0 Å². The molecule has 3 N–H and O–H groups in total. The molecule has 1 aliphatic carbocycles. The summed E-state index contributed by atoms with van der Waals surface area (Å²) in [5, 5.41) is 3.15. The first kappa shape index (κ1) is 18.3. The molecule has 2 atom stereocenters. The minimum absolute atomic E-state index is 0.0907. The van der Waals surface area contributed by atoms with Crippen molar-refractivity contribution in [2.45, 2.75) is 26.2 Å². The second-order valence-corrected chi connectivity index (χ2v) is 8.49. The van der Waals surface area contributed by atoms with Crippen molar-refractivity contribution < 1.29 is 4.79 Å². The Labute approximate surface area is 162 Å². The topological polar surface area (TPSA) is 98.1 Å². The number of rotatable bonds is 2. The second kappa shape index (κ2) is 6.22. The number of Topliss-reactive ketones (excluding diaryl/α,β-unsaturated/α-hetero) is 1. The maximum atomic E-state index is 13.1. The van der Waals surface area contributed by atoms with Gasteiger partial charge in [-0.05, 0) is 23.1 Å². The van der Waals surface area contributed by atoms with Crippen LogP contribution in [0.3, 0.4) is 0 Å². The Morgan fingerprint density at radius 1 is 1.00 bits per heavy atom. The predicted molar refractivity (Wildman–Crippen MR) is 109 cm³/mol. The van der Waals surface area contributed by atoms with Gasteiger partial charge in [0, 0.05) is 37.8 Å². The van der Waals surface area contributed by atoms with E-state index in [4.69, 9.17) is 0 Å². The third-order valence-corrected chi connectivity index (χ3v) is 5.52. The monoisotopic (exact) mass is 380 g/mol. The lowest BCUT2D eigenvalue weighted by molar-refractivity contribution is -0.124. The van der Waals surface area contributed by atoms with Gasteiger partial charge in [0.05, 0.1) is 11.5 Å². The summed E-state index contributed by atoms with van der Waals surface area (Å²) in [5.74, 6) is -0.475. The number of aromatic nitrogens is 2. The number of allylic oxidation sites excluding steroid dienone is 2. The highest BCUT2D eigenvalue weighted by atomic mass is 16.2. The molecule has 1 aromatic carbocycles. The van der Waals surface area contributed by atoms with Crippen molar-refractivity contribution in [2.24, 2.45) is 11.3 Å². The van der Waals surface area contributed by atoms with Crippen LogP contribution in [0, 0.1) is 11.3 Å². The molecule has 0 fully saturated rings. The minimum Gasteiger partial charge on any atom is -0.378 e. The third-order valence-electron chi connectivity index (χ3n) is 5.52. The Hall–Kier alpha value is -3.09. The van der Waals surface area contributed by atoms with Crippen LogP contribution in [-0.4, -0.2) is 29.8 Å². The van der Waals surface area contributed by atoms with E-state index in [-0.39, 0.29) is 11.2 Å². The molecule has 2 aliphatic rings. The highest BCUT2D eigenvalue weighted by Gasteiger charge is 2.45. The third kappa shape index (κ3) is 2.96. The van der Waals surface area contributed by atoms with Crippen molar-refractivity contribution in [2.75, 3.05) is 24.3 Å². The highest BCUT2D eigenvalue weighted by Crippen LogP contribution is 2.47. The van der Waals surface area contributed by atoms with Crippen molar-refractivity contribution >= 4 is 17.3 Å². The van der Waals surface area contributed by atoms with Crippen LogP contribution in [0.5, 0.6) is 0 Å². The summed E-state index contributed by atoms with van der Waals surface area (Å²) in [6.07, 6.45) is 2.45. The van der Waals surface area contributed by atoms with Crippen LogP contribution < -0.4 is 21.5 Å². The molecule has 1 aromatic heterocycles. The average molecular weight is 380 g/mol. The van der Waals surface area contributed by atoms with Crippen LogP contribution in [0.4, 0.5) is 11.5 Å². The number of nitrogens with zero attached hydrogens (tertiary/aromatic N) is 1. The smallest absolute Gasteiger partial charge is 0.327 e. The molecule has 0 unspecified atom stereocenters. The van der Waals surface area contributed by atoms with Gasteiger partial charge >= 0.3 is 5.69 Å². The number of H-pyrrole nitrogens is 2. The molecule has 28 heavy (non-hydrogen) atoms. The standard InChI is InChI=1S/C21H24N4O3/c1-21(2)9-13-16(14(26)10-21)15(11-5-7-12(8-6-11)25(3)4)17-18(22-13)23-20(28)24-19(17)27/h5-9,15-16H,10H2,1-4H3,(H3,22,23,24,27,28)/t15-,16-/m0/s1. The molecule has 2 aromatic rings. The summed E-state index contributed by atoms with van der Waals surface area (Å²) in [6, 6.07) is 7.84. The number of anilines is 2. The van der Waals surface area contributed by atoms with Crippen LogP contribution in [0.15, 0.2) is 45.6 Å². The van der Waals surface area contributed by atoms with E-state index >= 15 is 0 Å². The first-order chi connectivity index (χ1) is 13.2. The molecule has 4 rings (SSSR count). The lowest BCUT2D eigenvalue weighted by Crippen LogP contribution is -2.43. The SMILES string of the molecule is CN(C)c1ccc([C@@H]2c3c([nH]c(=O)[nH]c3=O)NC3=CC(C)(C)CC(=O)[C@H]32)cc1. The Morgan fingerprint density at radius 3 is 2.32 bits per heavy atom. The molecular formula is C21H24N4O3. The van der Waals surface area contributed by atoms with Gasteiger partial charge in [0.25, 0.3) is 5.56 Å². The number of benzene rings is 1. The summed E-state index contributed by atoms with van der Waals surface area (Å²) in [4.78, 5) is 44.6. The molecular weight excluding hydrogens is 356 g/mol. The number of ketones is 1. The Kier molecular flexibility index (Phi) is 4.06. The first-order valence-electron chi connectivity index (χ1n) is 9.32. The van der Waals surface area contributed by atoms with E-state index in [0.29, 0.717) is 17.8 Å². The molecule has 0 spiro atoms. The van der Waals surface area contributed by atoms with Crippen molar-refractivity contribution in [3.8, 4) is 0 Å². The number of aromatic amines is 2. The number of carbonyl (C=O) groups is 1. The van der Waals surface area contributed by atoms with E-state index in [1.807, 2.05) is 63.2 Å². The van der Waals surface area contributed by atoms with E-state index < -0.39 is 23.1 Å². The van der Waals surface area contributed by atoms with E-state index in [1.54, 1.807) is 0 Å². The van der Waals surface area contributed by atoms with Gasteiger partial charge in [-0.15, -0.1) is 0 Å². The minimum atomic E-state index is -0.571. The molecule has 146 valence electrons.